The van der Waals surface area contributed by atoms with Crippen LogP contribution in [0.3, 0.4) is 0 Å². The molecule has 2 nitrogen and oxygen atoms in total. The summed E-state index contributed by atoms with van der Waals surface area (Å²) < 4.78 is 2.98. The lowest BCUT2D eigenvalue weighted by Crippen LogP contribution is -2.06. The molecular formula is C12H9BrN2. The summed E-state index contributed by atoms with van der Waals surface area (Å²) in [5.41, 5.74) is 2.60. The van der Waals surface area contributed by atoms with E-state index in [1.165, 1.54) is 11.1 Å². The van der Waals surface area contributed by atoms with Crippen molar-refractivity contribution in [3.05, 3.63) is 58.3 Å². The molecule has 0 aliphatic heterocycles. The minimum absolute atomic E-state index is 0.243. The van der Waals surface area contributed by atoms with Crippen LogP contribution in [-0.2, 0) is 0 Å². The van der Waals surface area contributed by atoms with E-state index >= 15 is 0 Å². The van der Waals surface area contributed by atoms with Gasteiger partial charge in [0, 0.05) is 6.20 Å². The van der Waals surface area contributed by atoms with Crippen LogP contribution in [0.1, 0.15) is 17.2 Å². The van der Waals surface area contributed by atoms with E-state index in [-0.39, 0.29) is 6.04 Å². The molecule has 0 radical (unpaired) electrons. The third-order valence-electron chi connectivity index (χ3n) is 2.63. The van der Waals surface area contributed by atoms with E-state index in [2.05, 4.69) is 57.4 Å². The van der Waals surface area contributed by atoms with E-state index in [0.29, 0.717) is 0 Å². The minimum Gasteiger partial charge on any atom is -0.260 e. The van der Waals surface area contributed by atoms with Gasteiger partial charge in [0.05, 0.1) is 16.7 Å². The van der Waals surface area contributed by atoms with E-state index in [0.717, 1.165) is 4.47 Å². The van der Waals surface area contributed by atoms with Gasteiger partial charge in [-0.25, -0.2) is 0 Å². The van der Waals surface area contributed by atoms with Gasteiger partial charge < -0.3 is 0 Å². The Morgan fingerprint density at radius 1 is 1.27 bits per heavy atom. The van der Waals surface area contributed by atoms with Crippen LogP contribution < -0.4 is 0 Å². The molecule has 15 heavy (non-hydrogen) atoms. The van der Waals surface area contributed by atoms with Gasteiger partial charge in [0.2, 0.25) is 0 Å². The third kappa shape index (κ3) is 1.43. The van der Waals surface area contributed by atoms with Crippen molar-refractivity contribution in [3.8, 4) is 0 Å². The van der Waals surface area contributed by atoms with Crippen molar-refractivity contribution in [3.63, 3.8) is 0 Å². The quantitative estimate of drug-likeness (QED) is 0.770. The summed E-state index contributed by atoms with van der Waals surface area (Å²) in [7, 11) is 0. The number of rotatable bonds is 1. The van der Waals surface area contributed by atoms with Gasteiger partial charge in [-0.15, -0.1) is 0 Å². The zero-order valence-electron chi connectivity index (χ0n) is 7.97. The van der Waals surface area contributed by atoms with Crippen molar-refractivity contribution >= 4 is 22.0 Å². The fourth-order valence-corrected chi connectivity index (χ4v) is 2.23. The Labute approximate surface area is 96.4 Å². The van der Waals surface area contributed by atoms with Gasteiger partial charge in [-0.1, -0.05) is 36.4 Å². The maximum absolute atomic E-state index is 4.32. The van der Waals surface area contributed by atoms with E-state index in [1.807, 2.05) is 17.1 Å². The first-order chi connectivity index (χ1) is 7.34. The summed E-state index contributed by atoms with van der Waals surface area (Å²) in [6, 6.07) is 8.65. The number of allylic oxidation sites excluding steroid dienone is 1. The first-order valence-corrected chi connectivity index (χ1v) is 5.61. The summed E-state index contributed by atoms with van der Waals surface area (Å²) in [6.45, 7) is 0. The van der Waals surface area contributed by atoms with Crippen molar-refractivity contribution < 1.29 is 0 Å². The van der Waals surface area contributed by atoms with Crippen molar-refractivity contribution in [2.24, 2.45) is 0 Å². The molecule has 1 aromatic carbocycles. The molecule has 3 rings (SSSR count). The average Bonchev–Trinajstić information content (AvgIpc) is 2.83. The smallest absolute Gasteiger partial charge is 0.0959 e. The Kier molecular flexibility index (Phi) is 1.99. The minimum atomic E-state index is 0.243. The molecule has 1 unspecified atom stereocenters. The zero-order chi connectivity index (χ0) is 10.3. The summed E-state index contributed by atoms with van der Waals surface area (Å²) >= 11 is 3.41. The van der Waals surface area contributed by atoms with E-state index in [1.54, 1.807) is 0 Å². The normalized spacial score (nSPS) is 18.1. The van der Waals surface area contributed by atoms with Crippen LogP contribution in [-0.4, -0.2) is 9.78 Å². The molecule has 1 aliphatic carbocycles. The van der Waals surface area contributed by atoms with Gasteiger partial charge in [0.25, 0.3) is 0 Å². The van der Waals surface area contributed by atoms with Gasteiger partial charge in [0.15, 0.2) is 0 Å². The second-order valence-electron chi connectivity index (χ2n) is 3.57. The topological polar surface area (TPSA) is 17.8 Å². The van der Waals surface area contributed by atoms with E-state index in [9.17, 15) is 0 Å². The highest BCUT2D eigenvalue weighted by molar-refractivity contribution is 9.10. The standard InChI is InChI=1S/C12H9BrN2/c13-10-7-14-15(8-10)12-6-5-9-3-1-2-4-11(9)12/h1-8,12H. The number of halogens is 1. The van der Waals surface area contributed by atoms with Crippen LogP contribution >= 0.6 is 15.9 Å². The molecule has 0 saturated carbocycles. The Morgan fingerprint density at radius 3 is 2.93 bits per heavy atom. The van der Waals surface area contributed by atoms with E-state index in [4.69, 9.17) is 0 Å². The van der Waals surface area contributed by atoms with Crippen molar-refractivity contribution in [1.82, 2.24) is 9.78 Å². The van der Waals surface area contributed by atoms with Crippen LogP contribution in [0.15, 0.2) is 47.2 Å². The highest BCUT2D eigenvalue weighted by Gasteiger charge is 2.18. The maximum atomic E-state index is 4.32. The molecule has 0 saturated heterocycles. The molecule has 0 bridgehead atoms. The molecular weight excluding hydrogens is 252 g/mol. The molecule has 1 aliphatic rings. The highest BCUT2D eigenvalue weighted by atomic mass is 79.9. The van der Waals surface area contributed by atoms with Gasteiger partial charge in [-0.05, 0) is 27.1 Å². The largest absolute Gasteiger partial charge is 0.260 e. The van der Waals surface area contributed by atoms with Crippen molar-refractivity contribution in [2.75, 3.05) is 0 Å². The molecule has 1 heterocycles. The predicted molar refractivity (Wildman–Crippen MR) is 63.5 cm³/mol. The lowest BCUT2D eigenvalue weighted by molar-refractivity contribution is 0.618. The van der Waals surface area contributed by atoms with Crippen LogP contribution in [0, 0.1) is 0 Å². The Hall–Kier alpha value is -1.35. The summed E-state index contributed by atoms with van der Waals surface area (Å²) in [5.74, 6) is 0. The van der Waals surface area contributed by atoms with Gasteiger partial charge in [-0.3, -0.25) is 4.68 Å². The highest BCUT2D eigenvalue weighted by Crippen LogP contribution is 2.30. The van der Waals surface area contributed by atoms with Crippen molar-refractivity contribution in [1.29, 1.82) is 0 Å². The van der Waals surface area contributed by atoms with Crippen molar-refractivity contribution in [2.45, 2.75) is 6.04 Å². The number of nitrogens with zero attached hydrogens (tertiary/aromatic N) is 2. The number of hydrogen-bond acceptors (Lipinski definition) is 1. The molecule has 0 amide bonds. The van der Waals surface area contributed by atoms with Crippen LogP contribution in [0.4, 0.5) is 0 Å². The fraction of sp³-hybridized carbons (Fsp3) is 0.0833. The Balaban J connectivity index is 2.08. The second-order valence-corrected chi connectivity index (χ2v) is 4.49. The summed E-state index contributed by atoms with van der Waals surface area (Å²) in [5, 5.41) is 4.32. The molecule has 1 aromatic heterocycles. The molecule has 0 fully saturated rings. The monoisotopic (exact) mass is 260 g/mol. The Morgan fingerprint density at radius 2 is 2.13 bits per heavy atom. The third-order valence-corrected chi connectivity index (χ3v) is 3.04. The predicted octanol–water partition coefficient (Wildman–Crippen LogP) is 3.26. The van der Waals surface area contributed by atoms with Gasteiger partial charge in [-0.2, -0.15) is 5.10 Å². The SMILES string of the molecule is Brc1cnn(C2C=Cc3ccccc32)c1. The number of hydrogen-bond donors (Lipinski definition) is 0. The lowest BCUT2D eigenvalue weighted by Gasteiger charge is -2.10. The van der Waals surface area contributed by atoms with Gasteiger partial charge >= 0.3 is 0 Å². The first kappa shape index (κ1) is 8.92. The molecule has 0 spiro atoms. The second kappa shape index (κ2) is 3.35. The molecule has 2 aromatic rings. The maximum Gasteiger partial charge on any atom is 0.0959 e. The van der Waals surface area contributed by atoms with E-state index < -0.39 is 0 Å². The Bertz CT molecular complexity index is 528. The number of fused-ring (bicyclic) bond motifs is 1. The van der Waals surface area contributed by atoms with Gasteiger partial charge in [0.1, 0.15) is 0 Å². The first-order valence-electron chi connectivity index (χ1n) is 4.81. The van der Waals surface area contributed by atoms with Crippen LogP contribution in [0.5, 0.6) is 0 Å². The number of benzene rings is 1. The fourth-order valence-electron chi connectivity index (χ4n) is 1.93. The van der Waals surface area contributed by atoms with Crippen LogP contribution in [0.2, 0.25) is 0 Å². The average molecular weight is 261 g/mol. The molecule has 3 heteroatoms. The summed E-state index contributed by atoms with van der Waals surface area (Å²) in [4.78, 5) is 0. The lowest BCUT2D eigenvalue weighted by atomic mass is 10.1. The molecule has 1 atom stereocenters. The molecule has 0 N–H and O–H groups in total. The zero-order valence-corrected chi connectivity index (χ0v) is 9.55. The van der Waals surface area contributed by atoms with Crippen LogP contribution in [0.25, 0.3) is 6.08 Å². The number of aromatic nitrogens is 2. The molecule has 74 valence electrons. The summed E-state index contributed by atoms with van der Waals surface area (Å²) in [6.07, 6.45) is 8.13.